The highest BCUT2D eigenvalue weighted by Gasteiger charge is 2.54. The minimum Gasteiger partial charge on any atom is -0.861 e. The molecule has 184 valence electrons. The zero-order valence-electron chi connectivity index (χ0n) is 20.6. The van der Waals surface area contributed by atoms with E-state index in [4.69, 9.17) is 9.47 Å². The van der Waals surface area contributed by atoms with Gasteiger partial charge in [0.15, 0.2) is 0 Å². The van der Waals surface area contributed by atoms with Gasteiger partial charge in [0.1, 0.15) is 0 Å². The second kappa shape index (κ2) is 11.3. The molecule has 1 aromatic rings. The van der Waals surface area contributed by atoms with E-state index in [1.807, 2.05) is 17.9 Å². The van der Waals surface area contributed by atoms with Crippen LogP contribution in [0.1, 0.15) is 38.2 Å². The number of rotatable bonds is 11. The number of carbonyl (C=O) groups excluding carboxylic acids is 1. The Balaban J connectivity index is 1.77. The van der Waals surface area contributed by atoms with Gasteiger partial charge in [-0.25, -0.2) is 4.79 Å². The molecule has 0 atom stereocenters. The van der Waals surface area contributed by atoms with Crippen molar-refractivity contribution < 1.29 is 19.4 Å². The molecule has 1 saturated heterocycles. The molecule has 1 aliphatic heterocycles. The van der Waals surface area contributed by atoms with Crippen LogP contribution in [0.15, 0.2) is 35.3 Å². The van der Waals surface area contributed by atoms with Gasteiger partial charge < -0.3 is 29.4 Å². The third-order valence-corrected chi connectivity index (χ3v) is 7.31. The van der Waals surface area contributed by atoms with Gasteiger partial charge in [0.25, 0.3) is 0 Å². The van der Waals surface area contributed by atoms with E-state index in [2.05, 4.69) is 48.3 Å². The lowest BCUT2D eigenvalue weighted by molar-refractivity contribution is -0.219. The number of ether oxygens (including phenoxy) is 2. The van der Waals surface area contributed by atoms with E-state index >= 15 is 0 Å². The lowest BCUT2D eigenvalue weighted by atomic mass is 9.68. The smallest absolute Gasteiger partial charge is 0.321 e. The molecule has 1 spiro atoms. The molecule has 0 unspecified atom stereocenters. The number of nitrogens with zero attached hydrogens (tertiary/aromatic N) is 4. The first-order chi connectivity index (χ1) is 15.9. The first-order valence-electron chi connectivity index (χ1n) is 11.9. The summed E-state index contributed by atoms with van der Waals surface area (Å²) in [5.74, 6) is -0.269. The van der Waals surface area contributed by atoms with Crippen molar-refractivity contribution in [3.05, 3.63) is 35.9 Å². The number of benzene rings is 1. The van der Waals surface area contributed by atoms with E-state index in [0.717, 1.165) is 25.7 Å². The number of carbonyl (C=O) groups is 1. The van der Waals surface area contributed by atoms with Crippen LogP contribution in [0, 0.1) is 0 Å². The van der Waals surface area contributed by atoms with E-state index in [0.29, 0.717) is 39.5 Å². The Bertz CT molecular complexity index is 791. The van der Waals surface area contributed by atoms with Gasteiger partial charge in [-0.15, -0.1) is 0 Å². The molecule has 3 rings (SSSR count). The molecule has 2 amide bonds. The molecular formula is C25H39N4O4-. The molecule has 2 aliphatic rings. The second-order valence-corrected chi connectivity index (χ2v) is 9.27. The van der Waals surface area contributed by atoms with Crippen molar-refractivity contribution in [1.82, 2.24) is 14.7 Å². The highest BCUT2D eigenvalue weighted by molar-refractivity contribution is 5.84. The fourth-order valence-electron chi connectivity index (χ4n) is 5.41. The topological polar surface area (TPSA) is 80.7 Å². The zero-order valence-corrected chi connectivity index (χ0v) is 20.6. The predicted octanol–water partition coefficient (Wildman–Crippen LogP) is 1.94. The number of methoxy groups -OCH3 is 1. The molecule has 0 N–H and O–H groups in total. The maximum Gasteiger partial charge on any atom is 0.321 e. The van der Waals surface area contributed by atoms with Crippen LogP contribution < -0.4 is 5.11 Å². The van der Waals surface area contributed by atoms with Crippen LogP contribution in [-0.4, -0.2) is 99.4 Å². The lowest BCUT2D eigenvalue weighted by Crippen LogP contribution is -2.56. The quantitative estimate of drug-likeness (QED) is 0.287. The average molecular weight is 460 g/mol. The van der Waals surface area contributed by atoms with E-state index in [-0.39, 0.29) is 29.6 Å². The van der Waals surface area contributed by atoms with Crippen molar-refractivity contribution in [2.24, 2.45) is 4.99 Å². The average Bonchev–Trinajstić information content (AvgIpc) is 3.06. The fraction of sp³-hybridized carbons (Fsp3) is 0.680. The van der Waals surface area contributed by atoms with Gasteiger partial charge >= 0.3 is 6.03 Å². The molecule has 33 heavy (non-hydrogen) atoms. The number of amides is 2. The van der Waals surface area contributed by atoms with Crippen molar-refractivity contribution in [3.63, 3.8) is 0 Å². The van der Waals surface area contributed by atoms with Crippen molar-refractivity contribution in [2.75, 3.05) is 67.2 Å². The van der Waals surface area contributed by atoms with Crippen LogP contribution in [0.4, 0.5) is 4.79 Å². The van der Waals surface area contributed by atoms with Gasteiger partial charge in [-0.05, 0) is 58.2 Å². The summed E-state index contributed by atoms with van der Waals surface area (Å²) in [5, 5.41) is 12.4. The monoisotopic (exact) mass is 459 g/mol. The van der Waals surface area contributed by atoms with E-state index in [1.165, 1.54) is 5.56 Å². The summed E-state index contributed by atoms with van der Waals surface area (Å²) in [6.45, 7) is 4.85. The Kier molecular flexibility index (Phi) is 8.73. The van der Waals surface area contributed by atoms with Crippen LogP contribution in [-0.2, 0) is 15.0 Å². The maximum atomic E-state index is 13.3. The Morgan fingerprint density at radius 2 is 1.85 bits per heavy atom. The molecular weight excluding hydrogens is 420 g/mol. The Hall–Kier alpha value is -2.16. The Morgan fingerprint density at radius 3 is 2.45 bits per heavy atom. The van der Waals surface area contributed by atoms with Gasteiger partial charge in [0, 0.05) is 32.3 Å². The maximum absolute atomic E-state index is 13.3. The number of urea groups is 1. The molecule has 2 fully saturated rings. The molecule has 8 heteroatoms. The highest BCUT2D eigenvalue weighted by atomic mass is 16.5. The SMILES string of the molecule is CCOCCN=C([O-])CN1CC2(CCC(c3ccccc3)(N(C)C)CC2)N(CCOC)C1=O. The van der Waals surface area contributed by atoms with Crippen molar-refractivity contribution in [2.45, 2.75) is 43.7 Å². The summed E-state index contributed by atoms with van der Waals surface area (Å²) in [7, 11) is 5.93. The first-order valence-corrected chi connectivity index (χ1v) is 11.9. The Labute approximate surface area is 198 Å². The summed E-state index contributed by atoms with van der Waals surface area (Å²) in [6.07, 6.45) is 3.64. The number of hydrogen-bond donors (Lipinski definition) is 0. The van der Waals surface area contributed by atoms with Gasteiger partial charge in [-0.1, -0.05) is 30.3 Å². The molecule has 0 radical (unpaired) electrons. The molecule has 0 aromatic heterocycles. The molecule has 1 heterocycles. The Morgan fingerprint density at radius 1 is 1.15 bits per heavy atom. The third-order valence-electron chi connectivity index (χ3n) is 7.31. The zero-order chi connectivity index (χ0) is 23.9. The van der Waals surface area contributed by atoms with E-state index in [1.54, 1.807) is 12.0 Å². The minimum absolute atomic E-state index is 0.0215. The van der Waals surface area contributed by atoms with E-state index in [9.17, 15) is 9.90 Å². The van der Waals surface area contributed by atoms with Gasteiger partial charge in [-0.2, -0.15) is 0 Å². The molecule has 1 saturated carbocycles. The molecule has 1 aliphatic carbocycles. The summed E-state index contributed by atoms with van der Waals surface area (Å²) in [4.78, 5) is 23.3. The molecule has 8 nitrogen and oxygen atoms in total. The van der Waals surface area contributed by atoms with E-state index < -0.39 is 0 Å². The van der Waals surface area contributed by atoms with Crippen molar-refractivity contribution >= 4 is 11.9 Å². The summed E-state index contributed by atoms with van der Waals surface area (Å²) in [6, 6.07) is 10.6. The second-order valence-electron chi connectivity index (χ2n) is 9.27. The van der Waals surface area contributed by atoms with Gasteiger partial charge in [0.05, 0.1) is 31.8 Å². The summed E-state index contributed by atoms with van der Waals surface area (Å²) in [5.41, 5.74) is 0.980. The van der Waals surface area contributed by atoms with Crippen molar-refractivity contribution in [3.8, 4) is 0 Å². The molecule has 0 bridgehead atoms. The highest BCUT2D eigenvalue weighted by Crippen LogP contribution is 2.48. The van der Waals surface area contributed by atoms with Crippen LogP contribution in [0.2, 0.25) is 0 Å². The first kappa shape index (κ1) is 25.5. The predicted molar refractivity (Wildman–Crippen MR) is 127 cm³/mol. The summed E-state index contributed by atoms with van der Waals surface area (Å²) >= 11 is 0. The van der Waals surface area contributed by atoms with Crippen molar-refractivity contribution in [1.29, 1.82) is 0 Å². The fourth-order valence-corrected chi connectivity index (χ4v) is 5.41. The van der Waals surface area contributed by atoms with Gasteiger partial charge in [0.2, 0.25) is 0 Å². The van der Waals surface area contributed by atoms with Crippen LogP contribution >= 0.6 is 0 Å². The number of hydrogen-bond acceptors (Lipinski definition) is 6. The van der Waals surface area contributed by atoms with Crippen LogP contribution in [0.3, 0.4) is 0 Å². The number of aliphatic imine (C=N–C) groups is 1. The largest absolute Gasteiger partial charge is 0.861 e. The third kappa shape index (κ3) is 5.50. The van der Waals surface area contributed by atoms with Crippen LogP contribution in [0.25, 0.3) is 0 Å². The minimum atomic E-state index is -0.282. The van der Waals surface area contributed by atoms with Gasteiger partial charge in [-0.3, -0.25) is 4.90 Å². The lowest BCUT2D eigenvalue weighted by Gasteiger charge is -2.51. The normalized spacial score (nSPS) is 26.1. The molecule has 1 aromatic carbocycles. The summed E-state index contributed by atoms with van der Waals surface area (Å²) < 4.78 is 10.6. The van der Waals surface area contributed by atoms with Crippen LogP contribution in [0.5, 0.6) is 0 Å². The standard InChI is InChI=1S/C25H40N4O4/c1-5-33-17-15-26-22(30)19-28-20-24(29(23(28)31)16-18-32-4)11-13-25(14-12-24,27(2)3)21-9-7-6-8-10-21/h6-10H,5,11-20H2,1-4H3,(H,26,30)/p-1.